The molecular formula is C25H22ClF3N6O2. The van der Waals surface area contributed by atoms with Gasteiger partial charge in [0.05, 0.1) is 17.2 Å². The summed E-state index contributed by atoms with van der Waals surface area (Å²) in [5, 5.41) is 14.5. The Labute approximate surface area is 214 Å². The van der Waals surface area contributed by atoms with Crippen LogP contribution in [0.25, 0.3) is 21.8 Å². The average molecular weight is 531 g/mol. The van der Waals surface area contributed by atoms with Gasteiger partial charge in [-0.25, -0.2) is 4.98 Å². The molecule has 2 aromatic heterocycles. The lowest BCUT2D eigenvalue weighted by molar-refractivity contribution is -0.140. The standard InChI is InChI=1S/C25H22ClF3N6O2/c1-13(36)35-11-17(8-18(12-35)32-24(37)14-2-4-20-15(6-14)10-30-34-20)31-22-9-23(25(27,28)29)33-21-5-3-16(26)7-19(21)22/h2-7,9-10,17-18H,8,11-12H2,1H3,(H,30,34)(H,31,33)(H,32,37)/t17-,18+/m1/s1. The Balaban J connectivity index is 1.41. The van der Waals surface area contributed by atoms with Gasteiger partial charge < -0.3 is 15.5 Å². The number of benzene rings is 2. The van der Waals surface area contributed by atoms with Gasteiger partial charge in [0.25, 0.3) is 5.91 Å². The molecule has 0 bridgehead atoms. The SMILES string of the molecule is CC(=O)N1C[C@@H](NC(=O)c2ccc3[nH]ncc3c2)C[C@@H](Nc2cc(C(F)(F)F)nc3ccc(Cl)cc23)C1. The zero-order chi connectivity index (χ0) is 26.3. The number of carbonyl (C=O) groups is 2. The molecule has 0 saturated carbocycles. The summed E-state index contributed by atoms with van der Waals surface area (Å²) >= 11 is 6.11. The number of amides is 2. The van der Waals surface area contributed by atoms with Crippen LogP contribution in [0.2, 0.25) is 5.02 Å². The van der Waals surface area contributed by atoms with Gasteiger partial charge in [-0.05, 0) is 48.9 Å². The molecule has 8 nitrogen and oxygen atoms in total. The Hall–Kier alpha value is -3.86. The van der Waals surface area contributed by atoms with E-state index in [1.54, 1.807) is 35.4 Å². The predicted octanol–water partition coefficient (Wildman–Crippen LogP) is 4.61. The second-order valence-corrected chi connectivity index (χ2v) is 9.49. The Bertz CT molecular complexity index is 1510. The van der Waals surface area contributed by atoms with Crippen molar-refractivity contribution in [1.29, 1.82) is 0 Å². The van der Waals surface area contributed by atoms with Crippen molar-refractivity contribution in [3.8, 4) is 0 Å². The molecule has 1 aliphatic rings. The number of fused-ring (bicyclic) bond motifs is 2. The molecule has 4 aromatic rings. The molecule has 5 rings (SSSR count). The highest BCUT2D eigenvalue weighted by molar-refractivity contribution is 6.31. The molecule has 2 amide bonds. The van der Waals surface area contributed by atoms with Crippen molar-refractivity contribution in [2.75, 3.05) is 18.4 Å². The van der Waals surface area contributed by atoms with E-state index in [4.69, 9.17) is 11.6 Å². The summed E-state index contributed by atoms with van der Waals surface area (Å²) in [7, 11) is 0. The average Bonchev–Trinajstić information content (AvgIpc) is 3.31. The maximum Gasteiger partial charge on any atom is 0.433 e. The van der Waals surface area contributed by atoms with Crippen LogP contribution >= 0.6 is 11.6 Å². The summed E-state index contributed by atoms with van der Waals surface area (Å²) in [6.45, 7) is 1.95. The fourth-order valence-corrected chi connectivity index (χ4v) is 4.77. The largest absolute Gasteiger partial charge is 0.433 e. The number of carbonyl (C=O) groups excluding carboxylic acids is 2. The summed E-state index contributed by atoms with van der Waals surface area (Å²) in [4.78, 5) is 30.5. The molecule has 0 aliphatic carbocycles. The third-order valence-electron chi connectivity index (χ3n) is 6.35. The van der Waals surface area contributed by atoms with E-state index in [2.05, 4.69) is 25.8 Å². The summed E-state index contributed by atoms with van der Waals surface area (Å²) < 4.78 is 40.6. The fraction of sp³-hybridized carbons (Fsp3) is 0.280. The number of H-pyrrole nitrogens is 1. The van der Waals surface area contributed by atoms with Crippen LogP contribution in [-0.2, 0) is 11.0 Å². The molecule has 2 aromatic carbocycles. The van der Waals surface area contributed by atoms with Gasteiger partial charge >= 0.3 is 6.18 Å². The Morgan fingerprint density at radius 3 is 2.65 bits per heavy atom. The zero-order valence-corrected chi connectivity index (χ0v) is 20.3. The van der Waals surface area contributed by atoms with Gasteiger partial charge in [0.15, 0.2) is 0 Å². The number of aromatic nitrogens is 3. The second kappa shape index (κ2) is 9.55. The van der Waals surface area contributed by atoms with Crippen molar-refractivity contribution in [3.63, 3.8) is 0 Å². The first-order valence-electron chi connectivity index (χ1n) is 11.5. The zero-order valence-electron chi connectivity index (χ0n) is 19.6. The molecule has 1 saturated heterocycles. The van der Waals surface area contributed by atoms with Crippen LogP contribution in [0.1, 0.15) is 29.4 Å². The molecule has 2 atom stereocenters. The number of rotatable bonds is 4. The van der Waals surface area contributed by atoms with Gasteiger partial charge in [0.1, 0.15) is 5.69 Å². The minimum atomic E-state index is -4.64. The number of halogens is 4. The van der Waals surface area contributed by atoms with Gasteiger partial charge in [0, 0.05) is 59.1 Å². The van der Waals surface area contributed by atoms with Crippen molar-refractivity contribution in [1.82, 2.24) is 25.4 Å². The van der Waals surface area contributed by atoms with Crippen molar-refractivity contribution in [2.45, 2.75) is 31.6 Å². The van der Waals surface area contributed by atoms with E-state index < -0.39 is 24.0 Å². The molecule has 192 valence electrons. The smallest absolute Gasteiger partial charge is 0.380 e. The molecule has 3 N–H and O–H groups in total. The predicted molar refractivity (Wildman–Crippen MR) is 133 cm³/mol. The molecule has 37 heavy (non-hydrogen) atoms. The third kappa shape index (κ3) is 5.31. The number of pyridine rings is 1. The highest BCUT2D eigenvalue weighted by Gasteiger charge is 2.35. The molecule has 1 fully saturated rings. The number of nitrogens with zero attached hydrogens (tertiary/aromatic N) is 3. The van der Waals surface area contributed by atoms with Gasteiger partial charge in [0.2, 0.25) is 5.91 Å². The lowest BCUT2D eigenvalue weighted by atomic mass is 9.99. The summed E-state index contributed by atoms with van der Waals surface area (Å²) in [6, 6.07) is 9.66. The number of aromatic amines is 1. The van der Waals surface area contributed by atoms with Crippen molar-refractivity contribution >= 4 is 50.9 Å². The number of hydrogen-bond donors (Lipinski definition) is 3. The normalized spacial score (nSPS) is 18.2. The monoisotopic (exact) mass is 530 g/mol. The highest BCUT2D eigenvalue weighted by atomic mass is 35.5. The maximum absolute atomic E-state index is 13.5. The molecule has 0 radical (unpaired) electrons. The number of anilines is 1. The van der Waals surface area contributed by atoms with Crippen molar-refractivity contribution in [3.05, 3.63) is 64.9 Å². The summed E-state index contributed by atoms with van der Waals surface area (Å²) in [5.41, 5.74) is 0.529. The summed E-state index contributed by atoms with van der Waals surface area (Å²) in [6.07, 6.45) is -2.64. The van der Waals surface area contributed by atoms with Crippen LogP contribution < -0.4 is 10.6 Å². The van der Waals surface area contributed by atoms with E-state index in [0.717, 1.165) is 17.0 Å². The van der Waals surface area contributed by atoms with Crippen LogP contribution in [0, 0.1) is 0 Å². The van der Waals surface area contributed by atoms with Crippen LogP contribution in [0.15, 0.2) is 48.7 Å². The minimum Gasteiger partial charge on any atom is -0.380 e. The second-order valence-electron chi connectivity index (χ2n) is 9.06. The number of hydrogen-bond acceptors (Lipinski definition) is 5. The van der Waals surface area contributed by atoms with Crippen molar-refractivity contribution < 1.29 is 22.8 Å². The van der Waals surface area contributed by atoms with E-state index in [-0.39, 0.29) is 36.1 Å². The molecular weight excluding hydrogens is 509 g/mol. The quantitative estimate of drug-likeness (QED) is 0.357. The Morgan fingerprint density at radius 2 is 1.89 bits per heavy atom. The minimum absolute atomic E-state index is 0.139. The number of alkyl halides is 3. The third-order valence-corrected chi connectivity index (χ3v) is 6.59. The van der Waals surface area contributed by atoms with Gasteiger partial charge in [-0.1, -0.05) is 11.6 Å². The maximum atomic E-state index is 13.5. The van der Waals surface area contributed by atoms with E-state index in [9.17, 15) is 22.8 Å². The van der Waals surface area contributed by atoms with E-state index in [1.807, 2.05) is 0 Å². The van der Waals surface area contributed by atoms with Crippen LogP contribution in [0.5, 0.6) is 0 Å². The first-order chi connectivity index (χ1) is 17.6. The van der Waals surface area contributed by atoms with Gasteiger partial charge in [-0.3, -0.25) is 14.7 Å². The first-order valence-corrected chi connectivity index (χ1v) is 11.9. The van der Waals surface area contributed by atoms with Crippen LogP contribution in [0.4, 0.5) is 18.9 Å². The van der Waals surface area contributed by atoms with E-state index >= 15 is 0 Å². The lowest BCUT2D eigenvalue weighted by Gasteiger charge is -2.38. The number of piperidine rings is 1. The fourth-order valence-electron chi connectivity index (χ4n) is 4.60. The Kier molecular flexibility index (Phi) is 6.40. The van der Waals surface area contributed by atoms with E-state index in [1.165, 1.54) is 19.1 Å². The van der Waals surface area contributed by atoms with Crippen LogP contribution in [-0.4, -0.2) is 57.1 Å². The highest BCUT2D eigenvalue weighted by Crippen LogP contribution is 2.35. The topological polar surface area (TPSA) is 103 Å². The Morgan fingerprint density at radius 1 is 1.11 bits per heavy atom. The first kappa shape index (κ1) is 24.8. The number of nitrogens with one attached hydrogen (secondary N) is 3. The molecule has 1 aliphatic heterocycles. The van der Waals surface area contributed by atoms with Gasteiger partial charge in [-0.15, -0.1) is 0 Å². The molecule has 3 heterocycles. The molecule has 0 spiro atoms. The van der Waals surface area contributed by atoms with Gasteiger partial charge in [-0.2, -0.15) is 18.3 Å². The van der Waals surface area contributed by atoms with Crippen molar-refractivity contribution in [2.24, 2.45) is 0 Å². The molecule has 12 heteroatoms. The van der Waals surface area contributed by atoms with Crippen LogP contribution in [0.3, 0.4) is 0 Å². The lowest BCUT2D eigenvalue weighted by Crippen LogP contribution is -2.55. The number of likely N-dealkylation sites (tertiary alicyclic amines) is 1. The summed E-state index contributed by atoms with van der Waals surface area (Å²) in [5.74, 6) is -0.526. The van der Waals surface area contributed by atoms with E-state index in [0.29, 0.717) is 22.4 Å². The molecule has 0 unspecified atom stereocenters.